The predicted octanol–water partition coefficient (Wildman–Crippen LogP) is 3.36. The first-order valence-electron chi connectivity index (χ1n) is 6.23. The third-order valence-corrected chi connectivity index (χ3v) is 3.25. The average molecular weight is 235 g/mol. The first-order valence-corrected chi connectivity index (χ1v) is 6.23. The molecule has 0 saturated heterocycles. The van der Waals surface area contributed by atoms with Crippen molar-refractivity contribution in [2.24, 2.45) is 5.41 Å². The summed E-state index contributed by atoms with van der Waals surface area (Å²) in [6.45, 7) is 10.6. The Morgan fingerprint density at radius 3 is 2.12 bits per heavy atom. The van der Waals surface area contributed by atoms with Gasteiger partial charge in [0.2, 0.25) is 0 Å². The highest BCUT2D eigenvalue weighted by Crippen LogP contribution is 2.18. The average Bonchev–Trinajstić information content (AvgIpc) is 2.27. The molecule has 0 saturated carbocycles. The highest BCUT2D eigenvalue weighted by Gasteiger charge is 2.18. The molecule has 0 amide bonds. The van der Waals surface area contributed by atoms with Crippen LogP contribution in [0.25, 0.3) is 0 Å². The Morgan fingerprint density at radius 2 is 1.65 bits per heavy atom. The molecule has 1 N–H and O–H groups in total. The molecule has 0 bridgehead atoms. The van der Waals surface area contributed by atoms with E-state index in [9.17, 15) is 0 Å². The van der Waals surface area contributed by atoms with Crippen molar-refractivity contribution >= 4 is 0 Å². The first kappa shape index (κ1) is 14.2. The van der Waals surface area contributed by atoms with Gasteiger partial charge in [0, 0.05) is 19.7 Å². The zero-order valence-electron chi connectivity index (χ0n) is 11.7. The molecule has 0 radical (unpaired) electrons. The summed E-state index contributed by atoms with van der Waals surface area (Å²) in [5, 5.41) is 3.56. The largest absolute Gasteiger partial charge is 0.380 e. The molecular formula is C15H25NO. The number of hydrogen-bond acceptors (Lipinski definition) is 2. The lowest BCUT2D eigenvalue weighted by molar-refractivity contribution is 0.185. The minimum Gasteiger partial charge on any atom is -0.380 e. The number of methoxy groups -OCH3 is 1. The lowest BCUT2D eigenvalue weighted by atomic mass is 9.88. The first-order chi connectivity index (χ1) is 7.93. The van der Waals surface area contributed by atoms with E-state index >= 15 is 0 Å². The highest BCUT2D eigenvalue weighted by atomic mass is 16.5. The van der Waals surface area contributed by atoms with Gasteiger partial charge >= 0.3 is 0 Å². The summed E-state index contributed by atoms with van der Waals surface area (Å²) in [5.41, 5.74) is 2.84. The van der Waals surface area contributed by atoms with E-state index in [0.29, 0.717) is 18.1 Å². The Morgan fingerprint density at radius 1 is 1.12 bits per heavy atom. The van der Waals surface area contributed by atoms with Crippen LogP contribution >= 0.6 is 0 Å². The summed E-state index contributed by atoms with van der Waals surface area (Å²) < 4.78 is 5.10. The maximum absolute atomic E-state index is 5.10. The van der Waals surface area contributed by atoms with Gasteiger partial charge in [-0.3, -0.25) is 0 Å². The van der Waals surface area contributed by atoms with Crippen LogP contribution in [-0.4, -0.2) is 13.2 Å². The summed E-state index contributed by atoms with van der Waals surface area (Å²) in [5.74, 6) is 0. The minimum absolute atomic E-state index is 0.302. The van der Waals surface area contributed by atoms with Gasteiger partial charge in [-0.25, -0.2) is 0 Å². The lowest BCUT2D eigenvalue weighted by Gasteiger charge is -2.28. The normalized spacial score (nSPS) is 13.7. The molecule has 1 aromatic carbocycles. The third-order valence-electron chi connectivity index (χ3n) is 3.25. The SMILES string of the molecule is COCc1ccc(CNC(C)C(C)(C)C)cc1. The van der Waals surface area contributed by atoms with Crippen LogP contribution in [0, 0.1) is 5.41 Å². The van der Waals surface area contributed by atoms with E-state index in [1.54, 1.807) is 7.11 Å². The van der Waals surface area contributed by atoms with Crippen molar-refractivity contribution in [1.82, 2.24) is 5.32 Å². The minimum atomic E-state index is 0.302. The third kappa shape index (κ3) is 4.88. The van der Waals surface area contributed by atoms with Gasteiger partial charge < -0.3 is 10.1 Å². The van der Waals surface area contributed by atoms with Gasteiger partial charge in [-0.05, 0) is 23.5 Å². The van der Waals surface area contributed by atoms with E-state index in [1.807, 2.05) is 0 Å². The molecule has 1 atom stereocenters. The number of benzene rings is 1. The number of nitrogens with one attached hydrogen (secondary N) is 1. The van der Waals surface area contributed by atoms with E-state index in [4.69, 9.17) is 4.74 Å². The van der Waals surface area contributed by atoms with Crippen molar-refractivity contribution in [2.45, 2.75) is 46.9 Å². The van der Waals surface area contributed by atoms with Crippen molar-refractivity contribution in [3.05, 3.63) is 35.4 Å². The molecule has 1 rings (SSSR count). The molecule has 17 heavy (non-hydrogen) atoms. The maximum atomic E-state index is 5.10. The number of rotatable bonds is 5. The van der Waals surface area contributed by atoms with Crippen molar-refractivity contribution in [3.8, 4) is 0 Å². The fourth-order valence-corrected chi connectivity index (χ4v) is 1.50. The molecule has 0 spiro atoms. The van der Waals surface area contributed by atoms with Crippen molar-refractivity contribution < 1.29 is 4.74 Å². The Bertz CT molecular complexity index is 324. The topological polar surface area (TPSA) is 21.3 Å². The van der Waals surface area contributed by atoms with Crippen LogP contribution in [0.1, 0.15) is 38.8 Å². The summed E-state index contributed by atoms with van der Waals surface area (Å²) in [6.07, 6.45) is 0. The van der Waals surface area contributed by atoms with Gasteiger partial charge in [0.1, 0.15) is 0 Å². The molecule has 0 aliphatic heterocycles. The molecule has 0 heterocycles. The Kier molecular flexibility index (Phi) is 5.16. The van der Waals surface area contributed by atoms with Crippen LogP contribution in [0.2, 0.25) is 0 Å². The summed E-state index contributed by atoms with van der Waals surface area (Å²) >= 11 is 0. The molecule has 0 fully saturated rings. The van der Waals surface area contributed by atoms with Crippen LogP contribution in [0.5, 0.6) is 0 Å². The van der Waals surface area contributed by atoms with Gasteiger partial charge in [-0.2, -0.15) is 0 Å². The molecule has 2 heteroatoms. The van der Waals surface area contributed by atoms with Gasteiger partial charge in [-0.1, -0.05) is 45.0 Å². The molecule has 1 aromatic rings. The monoisotopic (exact) mass is 235 g/mol. The van der Waals surface area contributed by atoms with E-state index in [0.717, 1.165) is 6.54 Å². The van der Waals surface area contributed by atoms with Crippen LogP contribution in [0.4, 0.5) is 0 Å². The molecule has 0 aliphatic carbocycles. The summed E-state index contributed by atoms with van der Waals surface area (Å²) in [7, 11) is 1.72. The number of ether oxygens (including phenoxy) is 1. The second-order valence-corrected chi connectivity index (χ2v) is 5.72. The Labute approximate surface area is 105 Å². The molecular weight excluding hydrogens is 210 g/mol. The van der Waals surface area contributed by atoms with Gasteiger partial charge in [0.05, 0.1) is 6.61 Å². The predicted molar refractivity (Wildman–Crippen MR) is 72.9 cm³/mol. The number of hydrogen-bond donors (Lipinski definition) is 1. The Balaban J connectivity index is 2.47. The van der Waals surface area contributed by atoms with Crippen LogP contribution < -0.4 is 5.32 Å². The van der Waals surface area contributed by atoms with Crippen LogP contribution in [0.15, 0.2) is 24.3 Å². The standard InChI is InChI=1S/C15H25NO/c1-12(15(2,3)4)16-10-13-6-8-14(9-7-13)11-17-5/h6-9,12,16H,10-11H2,1-5H3. The van der Waals surface area contributed by atoms with Gasteiger partial charge in [-0.15, -0.1) is 0 Å². The van der Waals surface area contributed by atoms with Gasteiger partial charge in [0.15, 0.2) is 0 Å². The lowest BCUT2D eigenvalue weighted by Crippen LogP contribution is -2.37. The molecule has 0 aromatic heterocycles. The summed E-state index contributed by atoms with van der Waals surface area (Å²) in [4.78, 5) is 0. The van der Waals surface area contributed by atoms with Crippen molar-refractivity contribution in [2.75, 3.05) is 7.11 Å². The maximum Gasteiger partial charge on any atom is 0.0713 e. The zero-order valence-corrected chi connectivity index (χ0v) is 11.7. The smallest absolute Gasteiger partial charge is 0.0713 e. The van der Waals surface area contributed by atoms with Crippen LogP contribution in [0.3, 0.4) is 0 Å². The molecule has 1 unspecified atom stereocenters. The van der Waals surface area contributed by atoms with Gasteiger partial charge in [0.25, 0.3) is 0 Å². The molecule has 0 aliphatic rings. The van der Waals surface area contributed by atoms with Crippen molar-refractivity contribution in [1.29, 1.82) is 0 Å². The fourth-order valence-electron chi connectivity index (χ4n) is 1.50. The zero-order chi connectivity index (χ0) is 12.9. The van der Waals surface area contributed by atoms with E-state index in [2.05, 4.69) is 57.3 Å². The second-order valence-electron chi connectivity index (χ2n) is 5.72. The quantitative estimate of drug-likeness (QED) is 0.845. The Hall–Kier alpha value is -0.860. The van der Waals surface area contributed by atoms with E-state index in [-0.39, 0.29) is 0 Å². The molecule has 96 valence electrons. The fraction of sp³-hybridized carbons (Fsp3) is 0.600. The van der Waals surface area contributed by atoms with E-state index in [1.165, 1.54) is 11.1 Å². The van der Waals surface area contributed by atoms with Crippen molar-refractivity contribution in [3.63, 3.8) is 0 Å². The molecule has 2 nitrogen and oxygen atoms in total. The highest BCUT2D eigenvalue weighted by molar-refractivity contribution is 5.22. The summed E-state index contributed by atoms with van der Waals surface area (Å²) in [6, 6.07) is 9.08. The van der Waals surface area contributed by atoms with Crippen LogP contribution in [-0.2, 0) is 17.9 Å². The second kappa shape index (κ2) is 6.18. The van der Waals surface area contributed by atoms with E-state index < -0.39 is 0 Å².